The molecule has 0 N–H and O–H groups in total. The monoisotopic (exact) mass is 316 g/mol. The van der Waals surface area contributed by atoms with Gasteiger partial charge in [-0.05, 0) is 30.5 Å². The summed E-state index contributed by atoms with van der Waals surface area (Å²) < 4.78 is 5.86. The van der Waals surface area contributed by atoms with Crippen molar-refractivity contribution in [3.63, 3.8) is 0 Å². The Labute approximate surface area is 117 Å². The Morgan fingerprint density at radius 1 is 1.29 bits per heavy atom. The zero-order chi connectivity index (χ0) is 12.1. The predicted octanol–water partition coefficient (Wildman–Crippen LogP) is 4.81. The van der Waals surface area contributed by atoms with Crippen LogP contribution in [0, 0.1) is 5.41 Å². The van der Waals surface area contributed by atoms with Crippen molar-refractivity contribution in [2.45, 2.75) is 32.3 Å². The lowest BCUT2D eigenvalue weighted by molar-refractivity contribution is 0.0487. The van der Waals surface area contributed by atoms with Crippen molar-refractivity contribution >= 4 is 27.5 Å². The van der Waals surface area contributed by atoms with Gasteiger partial charge in [0.25, 0.3) is 0 Å². The number of alkyl halides is 1. The molecular formula is C14H18BrClO. The van der Waals surface area contributed by atoms with Gasteiger partial charge in [-0.15, -0.1) is 0 Å². The van der Waals surface area contributed by atoms with Gasteiger partial charge in [0.2, 0.25) is 0 Å². The third-order valence-corrected chi connectivity index (χ3v) is 4.94. The fourth-order valence-corrected chi connectivity index (χ4v) is 3.39. The summed E-state index contributed by atoms with van der Waals surface area (Å²) in [6.07, 6.45) is 5.25. The first-order chi connectivity index (χ1) is 8.24. The molecule has 0 aliphatic heterocycles. The molecule has 1 aliphatic rings. The Morgan fingerprint density at radius 2 is 2.06 bits per heavy atom. The summed E-state index contributed by atoms with van der Waals surface area (Å²) in [6, 6.07) is 7.89. The van der Waals surface area contributed by atoms with Crippen molar-refractivity contribution in [3.8, 4) is 0 Å². The Kier molecular flexibility index (Phi) is 4.89. The van der Waals surface area contributed by atoms with E-state index in [0.29, 0.717) is 12.0 Å². The Bertz CT molecular complexity index is 361. The van der Waals surface area contributed by atoms with Crippen LogP contribution in [0.2, 0.25) is 5.02 Å². The number of hydrogen-bond donors (Lipinski definition) is 0. The van der Waals surface area contributed by atoms with Crippen molar-refractivity contribution in [3.05, 3.63) is 34.9 Å². The van der Waals surface area contributed by atoms with Crippen molar-refractivity contribution in [2.75, 3.05) is 11.9 Å². The summed E-state index contributed by atoms with van der Waals surface area (Å²) in [4.78, 5) is 0. The number of hydrogen-bond acceptors (Lipinski definition) is 1. The van der Waals surface area contributed by atoms with Gasteiger partial charge in [0.1, 0.15) is 0 Å². The average molecular weight is 318 g/mol. The van der Waals surface area contributed by atoms with Crippen molar-refractivity contribution in [2.24, 2.45) is 5.41 Å². The average Bonchev–Trinajstić information content (AvgIpc) is 2.79. The van der Waals surface area contributed by atoms with Crippen LogP contribution in [0.15, 0.2) is 24.3 Å². The van der Waals surface area contributed by atoms with Crippen LogP contribution in [0.25, 0.3) is 0 Å². The third-order valence-electron chi connectivity index (χ3n) is 3.51. The molecular weight excluding hydrogens is 300 g/mol. The lowest BCUT2D eigenvalue weighted by atomic mass is 9.90. The van der Waals surface area contributed by atoms with E-state index >= 15 is 0 Å². The van der Waals surface area contributed by atoms with Crippen LogP contribution in [0.4, 0.5) is 0 Å². The first-order valence-corrected chi connectivity index (χ1v) is 7.62. The molecule has 0 amide bonds. The second-order valence-corrected chi connectivity index (χ2v) is 5.96. The largest absolute Gasteiger partial charge is 0.376 e. The Balaban J connectivity index is 1.82. The number of benzene rings is 1. The topological polar surface area (TPSA) is 9.23 Å². The van der Waals surface area contributed by atoms with E-state index in [9.17, 15) is 0 Å². The van der Waals surface area contributed by atoms with Crippen LogP contribution in [-0.2, 0) is 11.3 Å². The van der Waals surface area contributed by atoms with Crippen molar-refractivity contribution < 1.29 is 4.74 Å². The lowest BCUT2D eigenvalue weighted by Gasteiger charge is -2.26. The maximum absolute atomic E-state index is 5.94. The van der Waals surface area contributed by atoms with Gasteiger partial charge in [0.05, 0.1) is 13.2 Å². The molecule has 0 saturated heterocycles. The molecule has 0 radical (unpaired) electrons. The van der Waals surface area contributed by atoms with E-state index in [1.165, 1.54) is 25.7 Å². The SMILES string of the molecule is Clc1cccc(COCC2(CBr)CCCC2)c1. The molecule has 1 aromatic carbocycles. The number of ether oxygens (including phenoxy) is 1. The standard InChI is InChI=1S/C14H18BrClO/c15-10-14(6-1-2-7-14)11-17-9-12-4-3-5-13(16)8-12/h3-5,8H,1-2,6-7,9-11H2. The molecule has 0 spiro atoms. The summed E-state index contributed by atoms with van der Waals surface area (Å²) in [5.41, 5.74) is 1.53. The Morgan fingerprint density at radius 3 is 2.71 bits per heavy atom. The van der Waals surface area contributed by atoms with Crippen molar-refractivity contribution in [1.82, 2.24) is 0 Å². The van der Waals surface area contributed by atoms with Crippen LogP contribution >= 0.6 is 27.5 Å². The summed E-state index contributed by atoms with van der Waals surface area (Å²) >= 11 is 9.57. The van der Waals surface area contributed by atoms with E-state index in [4.69, 9.17) is 16.3 Å². The molecule has 1 fully saturated rings. The van der Waals surface area contributed by atoms with E-state index in [0.717, 1.165) is 22.5 Å². The van der Waals surface area contributed by atoms with Crippen LogP contribution in [-0.4, -0.2) is 11.9 Å². The van der Waals surface area contributed by atoms with E-state index < -0.39 is 0 Å². The van der Waals surface area contributed by atoms with E-state index in [2.05, 4.69) is 22.0 Å². The first kappa shape index (κ1) is 13.4. The first-order valence-electron chi connectivity index (χ1n) is 6.12. The molecule has 2 rings (SSSR count). The van der Waals surface area contributed by atoms with Gasteiger partial charge in [-0.2, -0.15) is 0 Å². The summed E-state index contributed by atoms with van der Waals surface area (Å²) in [5.74, 6) is 0. The van der Waals surface area contributed by atoms with E-state index in [1.807, 2.05) is 18.2 Å². The van der Waals surface area contributed by atoms with Gasteiger partial charge in [-0.1, -0.05) is 52.5 Å². The summed E-state index contributed by atoms with van der Waals surface area (Å²) in [5, 5.41) is 1.83. The Hall–Kier alpha value is -0.0500. The minimum Gasteiger partial charge on any atom is -0.376 e. The molecule has 17 heavy (non-hydrogen) atoms. The highest BCUT2D eigenvalue weighted by atomic mass is 79.9. The van der Waals surface area contributed by atoms with E-state index in [-0.39, 0.29) is 0 Å². The van der Waals surface area contributed by atoms with E-state index in [1.54, 1.807) is 0 Å². The molecule has 0 bridgehead atoms. The molecule has 1 saturated carbocycles. The zero-order valence-electron chi connectivity index (χ0n) is 9.92. The van der Waals surface area contributed by atoms with Gasteiger partial charge in [-0.25, -0.2) is 0 Å². The molecule has 0 aromatic heterocycles. The predicted molar refractivity (Wildman–Crippen MR) is 75.8 cm³/mol. The molecule has 1 aromatic rings. The van der Waals surface area contributed by atoms with Crippen molar-refractivity contribution in [1.29, 1.82) is 0 Å². The summed E-state index contributed by atoms with van der Waals surface area (Å²) in [7, 11) is 0. The maximum Gasteiger partial charge on any atom is 0.0717 e. The minimum atomic E-state index is 0.374. The third kappa shape index (κ3) is 3.70. The second-order valence-electron chi connectivity index (χ2n) is 4.96. The number of halogens is 2. The highest BCUT2D eigenvalue weighted by Gasteiger charge is 2.32. The zero-order valence-corrected chi connectivity index (χ0v) is 12.3. The molecule has 0 atom stereocenters. The molecule has 1 aliphatic carbocycles. The molecule has 1 nitrogen and oxygen atoms in total. The minimum absolute atomic E-state index is 0.374. The number of rotatable bonds is 5. The van der Waals surface area contributed by atoms with Gasteiger partial charge >= 0.3 is 0 Å². The van der Waals surface area contributed by atoms with Gasteiger partial charge in [-0.3, -0.25) is 0 Å². The van der Waals surface area contributed by atoms with Gasteiger partial charge in [0.15, 0.2) is 0 Å². The maximum atomic E-state index is 5.94. The van der Waals surface area contributed by atoms with Crippen LogP contribution < -0.4 is 0 Å². The lowest BCUT2D eigenvalue weighted by Crippen LogP contribution is -2.25. The molecule has 0 heterocycles. The summed E-state index contributed by atoms with van der Waals surface area (Å²) in [6.45, 7) is 1.51. The van der Waals surface area contributed by atoms with Crippen LogP contribution in [0.1, 0.15) is 31.2 Å². The molecule has 94 valence electrons. The fraction of sp³-hybridized carbons (Fsp3) is 0.571. The second kappa shape index (κ2) is 6.21. The highest BCUT2D eigenvalue weighted by Crippen LogP contribution is 2.39. The smallest absolute Gasteiger partial charge is 0.0717 e. The van der Waals surface area contributed by atoms with Gasteiger partial charge < -0.3 is 4.74 Å². The quantitative estimate of drug-likeness (QED) is 0.708. The fourth-order valence-electron chi connectivity index (χ4n) is 2.45. The van der Waals surface area contributed by atoms with Crippen LogP contribution in [0.5, 0.6) is 0 Å². The molecule has 0 unspecified atom stereocenters. The van der Waals surface area contributed by atoms with Gasteiger partial charge in [0, 0.05) is 15.8 Å². The highest BCUT2D eigenvalue weighted by molar-refractivity contribution is 9.09. The molecule has 3 heteroatoms. The normalized spacial score (nSPS) is 18.5. The van der Waals surface area contributed by atoms with Crippen LogP contribution in [0.3, 0.4) is 0 Å².